The molecule has 0 amide bonds. The quantitative estimate of drug-likeness (QED) is 0.556. The van der Waals surface area contributed by atoms with Crippen LogP contribution in [-0.4, -0.2) is 23.9 Å². The zero-order valence-corrected chi connectivity index (χ0v) is 8.64. The van der Waals surface area contributed by atoms with Crippen LogP contribution in [0.2, 0.25) is 0 Å². The van der Waals surface area contributed by atoms with Gasteiger partial charge in [-0.1, -0.05) is 0 Å². The van der Waals surface area contributed by atoms with E-state index in [-0.39, 0.29) is 16.9 Å². The molecule has 0 aliphatic heterocycles. The lowest BCUT2D eigenvalue weighted by atomic mass is 10.3. The van der Waals surface area contributed by atoms with Crippen LogP contribution in [0, 0.1) is 5.41 Å². The first kappa shape index (κ1) is 11.7. The molecule has 1 heterocycles. The number of nitrogens with zero attached hydrogens (tertiary/aromatic N) is 1. The van der Waals surface area contributed by atoms with Crippen LogP contribution in [0.1, 0.15) is 10.4 Å². The molecule has 0 radical (unpaired) electrons. The predicted octanol–water partition coefficient (Wildman–Crippen LogP) is 0.0416. The number of rotatable bonds is 3. The van der Waals surface area contributed by atoms with E-state index in [9.17, 15) is 9.59 Å². The van der Waals surface area contributed by atoms with Crippen LogP contribution in [0.5, 0.6) is 0 Å². The van der Waals surface area contributed by atoms with Crippen LogP contribution in [0.25, 0.3) is 5.82 Å². The molecule has 0 fully saturated rings. The van der Waals surface area contributed by atoms with E-state index in [1.165, 1.54) is 31.5 Å². The highest BCUT2D eigenvalue weighted by molar-refractivity contribution is 5.89. The molecule has 1 aromatic heterocycles. The van der Waals surface area contributed by atoms with Crippen LogP contribution < -0.4 is 11.3 Å². The van der Waals surface area contributed by atoms with Gasteiger partial charge in [0.15, 0.2) is 0 Å². The summed E-state index contributed by atoms with van der Waals surface area (Å²) < 4.78 is 5.58. The van der Waals surface area contributed by atoms with Gasteiger partial charge in [-0.2, -0.15) is 0 Å². The van der Waals surface area contributed by atoms with Crippen LogP contribution in [0.3, 0.4) is 0 Å². The Morgan fingerprint density at radius 1 is 1.56 bits per heavy atom. The molecule has 1 aromatic rings. The van der Waals surface area contributed by atoms with Gasteiger partial charge in [-0.15, -0.1) is 0 Å². The van der Waals surface area contributed by atoms with E-state index < -0.39 is 5.97 Å². The molecule has 0 aliphatic carbocycles. The minimum atomic E-state index is -0.559. The van der Waals surface area contributed by atoms with Crippen LogP contribution >= 0.6 is 0 Å². The number of nitrogens with one attached hydrogen (secondary N) is 1. The van der Waals surface area contributed by atoms with Crippen molar-refractivity contribution in [3.8, 4) is 0 Å². The fourth-order valence-electron chi connectivity index (χ4n) is 1.09. The summed E-state index contributed by atoms with van der Waals surface area (Å²) in [5.41, 5.74) is 5.36. The number of allylic oxidation sites excluding steroid dienone is 1. The van der Waals surface area contributed by atoms with Crippen molar-refractivity contribution in [1.29, 1.82) is 5.41 Å². The molecule has 84 valence electrons. The Hall–Kier alpha value is -2.37. The number of hydrogen-bond acceptors (Lipinski definition) is 5. The Labute approximate surface area is 91.5 Å². The Balaban J connectivity index is 3.29. The van der Waals surface area contributed by atoms with Crippen molar-refractivity contribution >= 4 is 18.0 Å². The van der Waals surface area contributed by atoms with E-state index in [1.54, 1.807) is 0 Å². The molecule has 0 atom stereocenters. The van der Waals surface area contributed by atoms with Gasteiger partial charge in [-0.25, -0.2) is 4.79 Å². The van der Waals surface area contributed by atoms with E-state index in [1.807, 2.05) is 0 Å². The van der Waals surface area contributed by atoms with Gasteiger partial charge in [0, 0.05) is 18.5 Å². The van der Waals surface area contributed by atoms with Crippen molar-refractivity contribution in [2.45, 2.75) is 0 Å². The Morgan fingerprint density at radius 2 is 2.25 bits per heavy atom. The molecular formula is C10H11N3O3. The standard InChI is InChI=1S/C10H11N3O3/c1-16-10(15)7-2-3-9(14)13(6-7)8(12)4-5-11/h2-6,11H,12H2,1H3/b8-4+,11-5?. The molecular weight excluding hydrogens is 210 g/mol. The van der Waals surface area contributed by atoms with Gasteiger partial charge in [-0.3, -0.25) is 9.36 Å². The topological polar surface area (TPSA) is 98.2 Å². The van der Waals surface area contributed by atoms with Gasteiger partial charge in [0.25, 0.3) is 5.56 Å². The summed E-state index contributed by atoms with van der Waals surface area (Å²) in [5, 5.41) is 6.84. The number of ether oxygens (including phenoxy) is 1. The number of hydrogen-bond donors (Lipinski definition) is 2. The van der Waals surface area contributed by atoms with E-state index in [0.29, 0.717) is 0 Å². The lowest BCUT2D eigenvalue weighted by Crippen LogP contribution is -2.23. The molecule has 0 aromatic carbocycles. The second kappa shape index (κ2) is 4.92. The highest BCUT2D eigenvalue weighted by Gasteiger charge is 2.07. The Bertz CT molecular complexity index is 502. The first-order chi connectivity index (χ1) is 7.60. The summed E-state index contributed by atoms with van der Waals surface area (Å²) in [7, 11) is 1.24. The number of pyridine rings is 1. The molecule has 6 nitrogen and oxygen atoms in total. The number of carbonyl (C=O) groups excluding carboxylic acids is 1. The normalized spacial score (nSPS) is 10.9. The Kier molecular flexibility index (Phi) is 3.60. The van der Waals surface area contributed by atoms with Crippen molar-refractivity contribution in [2.24, 2.45) is 5.73 Å². The number of carbonyl (C=O) groups is 1. The zero-order valence-electron chi connectivity index (χ0n) is 8.64. The minimum Gasteiger partial charge on any atom is -0.465 e. The zero-order chi connectivity index (χ0) is 12.1. The first-order valence-corrected chi connectivity index (χ1v) is 4.37. The third kappa shape index (κ3) is 2.35. The molecule has 1 rings (SSSR count). The van der Waals surface area contributed by atoms with Crippen molar-refractivity contribution in [2.75, 3.05) is 7.11 Å². The fourth-order valence-corrected chi connectivity index (χ4v) is 1.09. The molecule has 0 unspecified atom stereocenters. The summed E-state index contributed by atoms with van der Waals surface area (Å²) in [6, 6.07) is 2.55. The number of methoxy groups -OCH3 is 1. The maximum Gasteiger partial charge on any atom is 0.339 e. The highest BCUT2D eigenvalue weighted by Crippen LogP contribution is 2.00. The molecule has 6 heteroatoms. The Morgan fingerprint density at radius 3 is 2.81 bits per heavy atom. The molecule has 0 saturated heterocycles. The summed E-state index contributed by atoms with van der Waals surface area (Å²) >= 11 is 0. The summed E-state index contributed by atoms with van der Waals surface area (Å²) in [4.78, 5) is 22.6. The van der Waals surface area contributed by atoms with E-state index in [0.717, 1.165) is 10.8 Å². The molecule has 0 saturated carbocycles. The minimum absolute atomic E-state index is 0.0609. The van der Waals surface area contributed by atoms with E-state index >= 15 is 0 Å². The predicted molar refractivity (Wildman–Crippen MR) is 59.3 cm³/mol. The average Bonchev–Trinajstić information content (AvgIpc) is 2.29. The summed E-state index contributed by atoms with van der Waals surface area (Å²) in [6.45, 7) is 0. The maximum absolute atomic E-state index is 11.4. The second-order valence-corrected chi connectivity index (χ2v) is 2.88. The van der Waals surface area contributed by atoms with Crippen LogP contribution in [0.4, 0.5) is 0 Å². The van der Waals surface area contributed by atoms with Crippen LogP contribution in [0.15, 0.2) is 29.2 Å². The molecule has 0 aliphatic rings. The van der Waals surface area contributed by atoms with Gasteiger partial charge in [-0.05, 0) is 12.1 Å². The van der Waals surface area contributed by atoms with Gasteiger partial charge in [0.1, 0.15) is 5.82 Å². The largest absolute Gasteiger partial charge is 0.465 e. The number of nitrogens with two attached hydrogens (primary N) is 1. The summed E-state index contributed by atoms with van der Waals surface area (Å²) in [6.07, 6.45) is 3.46. The fraction of sp³-hybridized carbons (Fsp3) is 0.100. The van der Waals surface area contributed by atoms with E-state index in [2.05, 4.69) is 4.74 Å². The van der Waals surface area contributed by atoms with Gasteiger partial charge in [0.05, 0.1) is 12.7 Å². The monoisotopic (exact) mass is 221 g/mol. The third-order valence-electron chi connectivity index (χ3n) is 1.86. The van der Waals surface area contributed by atoms with Gasteiger partial charge >= 0.3 is 5.97 Å². The lowest BCUT2D eigenvalue weighted by Gasteiger charge is -2.06. The van der Waals surface area contributed by atoms with Crippen molar-refractivity contribution in [1.82, 2.24) is 4.57 Å². The summed E-state index contributed by atoms with van der Waals surface area (Å²) in [5.74, 6) is -0.498. The number of esters is 1. The highest BCUT2D eigenvalue weighted by atomic mass is 16.5. The van der Waals surface area contributed by atoms with Gasteiger partial charge in [0.2, 0.25) is 0 Å². The maximum atomic E-state index is 11.4. The van der Waals surface area contributed by atoms with Crippen molar-refractivity contribution in [3.63, 3.8) is 0 Å². The lowest BCUT2D eigenvalue weighted by molar-refractivity contribution is 0.0600. The molecule has 0 bridgehead atoms. The van der Waals surface area contributed by atoms with Crippen molar-refractivity contribution in [3.05, 3.63) is 40.3 Å². The molecule has 16 heavy (non-hydrogen) atoms. The van der Waals surface area contributed by atoms with Gasteiger partial charge < -0.3 is 15.9 Å². The van der Waals surface area contributed by atoms with E-state index in [4.69, 9.17) is 11.1 Å². The molecule has 3 N–H and O–H groups in total. The van der Waals surface area contributed by atoms with Crippen LogP contribution in [-0.2, 0) is 4.74 Å². The first-order valence-electron chi connectivity index (χ1n) is 4.37. The second-order valence-electron chi connectivity index (χ2n) is 2.88. The smallest absolute Gasteiger partial charge is 0.339 e. The third-order valence-corrected chi connectivity index (χ3v) is 1.86. The molecule has 0 spiro atoms. The van der Waals surface area contributed by atoms with Crippen molar-refractivity contribution < 1.29 is 9.53 Å². The SMILES string of the molecule is COC(=O)c1ccc(=O)n(/C(N)=C/C=N)c1. The average molecular weight is 221 g/mol. The number of aromatic nitrogens is 1.